The van der Waals surface area contributed by atoms with Gasteiger partial charge in [-0.2, -0.15) is 0 Å². The van der Waals surface area contributed by atoms with E-state index >= 15 is 0 Å². The van der Waals surface area contributed by atoms with Crippen molar-refractivity contribution in [3.05, 3.63) is 0 Å². The maximum atomic E-state index is 11.9. The Labute approximate surface area is 109 Å². The van der Waals surface area contributed by atoms with Gasteiger partial charge in [-0.15, -0.1) is 0 Å². The lowest BCUT2D eigenvalue weighted by Crippen LogP contribution is -2.39. The van der Waals surface area contributed by atoms with Gasteiger partial charge < -0.3 is 15.5 Å². The van der Waals surface area contributed by atoms with Crippen molar-refractivity contribution in [2.75, 3.05) is 26.7 Å². The van der Waals surface area contributed by atoms with Gasteiger partial charge in [0.1, 0.15) is 0 Å². The van der Waals surface area contributed by atoms with Crippen molar-refractivity contribution >= 4 is 11.8 Å². The number of likely N-dealkylation sites (tertiary alicyclic amines) is 1. The van der Waals surface area contributed by atoms with E-state index in [1.54, 1.807) is 7.05 Å². The third kappa shape index (κ3) is 5.04. The molecule has 0 aromatic carbocycles. The van der Waals surface area contributed by atoms with Crippen molar-refractivity contribution in [2.45, 2.75) is 45.1 Å². The van der Waals surface area contributed by atoms with Gasteiger partial charge >= 0.3 is 0 Å². The van der Waals surface area contributed by atoms with Crippen LogP contribution < -0.4 is 5.73 Å². The minimum atomic E-state index is 0.0307. The van der Waals surface area contributed by atoms with Crippen LogP contribution in [0.25, 0.3) is 0 Å². The fourth-order valence-corrected chi connectivity index (χ4v) is 2.12. The highest BCUT2D eigenvalue weighted by Crippen LogP contribution is 2.08. The highest BCUT2D eigenvalue weighted by atomic mass is 16.2. The first-order valence-corrected chi connectivity index (χ1v) is 6.78. The van der Waals surface area contributed by atoms with Crippen LogP contribution in [0.3, 0.4) is 0 Å². The van der Waals surface area contributed by atoms with Gasteiger partial charge in [-0.25, -0.2) is 0 Å². The van der Waals surface area contributed by atoms with Gasteiger partial charge in [0.2, 0.25) is 11.8 Å². The average molecular weight is 255 g/mol. The molecule has 1 rings (SSSR count). The lowest BCUT2D eigenvalue weighted by atomic mass is 10.1. The minimum absolute atomic E-state index is 0.0307. The van der Waals surface area contributed by atoms with Gasteiger partial charge in [0.25, 0.3) is 0 Å². The predicted octanol–water partition coefficient (Wildman–Crippen LogP) is 0.585. The number of carbonyl (C=O) groups is 2. The van der Waals surface area contributed by atoms with Gasteiger partial charge in [-0.05, 0) is 32.6 Å². The summed E-state index contributed by atoms with van der Waals surface area (Å²) < 4.78 is 0. The number of hydrogen-bond acceptors (Lipinski definition) is 3. The summed E-state index contributed by atoms with van der Waals surface area (Å²) in [7, 11) is 1.70. The van der Waals surface area contributed by atoms with Crippen molar-refractivity contribution < 1.29 is 9.59 Å². The quantitative estimate of drug-likeness (QED) is 0.755. The zero-order valence-corrected chi connectivity index (χ0v) is 11.5. The molecular weight excluding hydrogens is 230 g/mol. The van der Waals surface area contributed by atoms with Gasteiger partial charge in [-0.1, -0.05) is 0 Å². The van der Waals surface area contributed by atoms with Crippen molar-refractivity contribution in [3.63, 3.8) is 0 Å². The molecule has 104 valence electrons. The maximum absolute atomic E-state index is 11.9. The van der Waals surface area contributed by atoms with Crippen LogP contribution in [-0.2, 0) is 9.59 Å². The molecule has 18 heavy (non-hydrogen) atoms. The summed E-state index contributed by atoms with van der Waals surface area (Å²) in [5.74, 6) is 0.0961. The molecule has 1 fully saturated rings. The fourth-order valence-electron chi connectivity index (χ4n) is 2.12. The monoisotopic (exact) mass is 255 g/mol. The highest BCUT2D eigenvalue weighted by Gasteiger charge is 2.20. The van der Waals surface area contributed by atoms with Crippen LogP contribution in [0.4, 0.5) is 0 Å². The van der Waals surface area contributed by atoms with Gasteiger partial charge in [0, 0.05) is 32.6 Å². The van der Waals surface area contributed by atoms with E-state index in [9.17, 15) is 9.59 Å². The molecule has 0 aromatic heterocycles. The van der Waals surface area contributed by atoms with Crippen LogP contribution in [0.1, 0.15) is 39.0 Å². The van der Waals surface area contributed by atoms with Crippen LogP contribution >= 0.6 is 0 Å². The number of carbonyl (C=O) groups excluding carboxylic acids is 2. The third-order valence-corrected chi connectivity index (χ3v) is 3.31. The van der Waals surface area contributed by atoms with E-state index in [4.69, 9.17) is 5.73 Å². The largest absolute Gasteiger partial charge is 0.341 e. The smallest absolute Gasteiger partial charge is 0.242 e. The van der Waals surface area contributed by atoms with Gasteiger partial charge in [0.15, 0.2) is 0 Å². The van der Waals surface area contributed by atoms with Crippen molar-refractivity contribution in [3.8, 4) is 0 Å². The van der Waals surface area contributed by atoms with Crippen LogP contribution in [0.5, 0.6) is 0 Å². The average Bonchev–Trinajstić information content (AvgIpc) is 2.81. The normalized spacial score (nSPS) is 16.7. The molecule has 1 aliphatic rings. The molecule has 0 aliphatic carbocycles. The Morgan fingerprint density at radius 2 is 1.94 bits per heavy atom. The van der Waals surface area contributed by atoms with Crippen LogP contribution in [0.2, 0.25) is 0 Å². The highest BCUT2D eigenvalue weighted by molar-refractivity contribution is 5.84. The Kier molecular flexibility index (Phi) is 6.12. The number of nitrogens with two attached hydrogens (primary N) is 1. The lowest BCUT2D eigenvalue weighted by molar-refractivity contribution is -0.138. The standard InChI is InChI=1S/C13H25N3O2/c1-11(14)6-5-7-12(17)15(2)10-13(18)16-8-3-4-9-16/h11H,3-10,14H2,1-2H3. The molecule has 1 aliphatic heterocycles. The topological polar surface area (TPSA) is 66.6 Å². The molecule has 0 radical (unpaired) electrons. The minimum Gasteiger partial charge on any atom is -0.341 e. The molecule has 2 N–H and O–H groups in total. The predicted molar refractivity (Wildman–Crippen MR) is 71.0 cm³/mol. The molecule has 0 bridgehead atoms. The number of hydrogen-bond donors (Lipinski definition) is 1. The van der Waals surface area contributed by atoms with E-state index in [1.807, 2.05) is 11.8 Å². The van der Waals surface area contributed by atoms with E-state index < -0.39 is 0 Å². The Morgan fingerprint density at radius 3 is 2.50 bits per heavy atom. The third-order valence-electron chi connectivity index (χ3n) is 3.31. The molecule has 5 nitrogen and oxygen atoms in total. The number of amides is 2. The SMILES string of the molecule is CC(N)CCCC(=O)N(C)CC(=O)N1CCCC1. The lowest BCUT2D eigenvalue weighted by Gasteiger charge is -2.21. The number of nitrogens with zero attached hydrogens (tertiary/aromatic N) is 2. The molecule has 0 aromatic rings. The first-order chi connectivity index (χ1) is 8.50. The zero-order chi connectivity index (χ0) is 13.5. The van der Waals surface area contributed by atoms with Crippen molar-refractivity contribution in [1.29, 1.82) is 0 Å². The molecular formula is C13H25N3O2. The number of rotatable bonds is 6. The van der Waals surface area contributed by atoms with E-state index in [0.717, 1.165) is 38.8 Å². The van der Waals surface area contributed by atoms with Gasteiger partial charge in [0.05, 0.1) is 6.54 Å². The first kappa shape index (κ1) is 15.0. The van der Waals surface area contributed by atoms with Crippen molar-refractivity contribution in [2.24, 2.45) is 5.73 Å². The molecule has 1 saturated heterocycles. The molecule has 1 unspecified atom stereocenters. The van der Waals surface area contributed by atoms with Crippen LogP contribution in [0, 0.1) is 0 Å². The van der Waals surface area contributed by atoms with E-state index in [1.165, 1.54) is 4.90 Å². The summed E-state index contributed by atoms with van der Waals surface area (Å²) in [6, 6.07) is 0.134. The fraction of sp³-hybridized carbons (Fsp3) is 0.846. The second kappa shape index (κ2) is 7.36. The molecule has 2 amide bonds. The van der Waals surface area contributed by atoms with Crippen molar-refractivity contribution in [1.82, 2.24) is 9.80 Å². The van der Waals surface area contributed by atoms with E-state index in [-0.39, 0.29) is 24.4 Å². The van der Waals surface area contributed by atoms with E-state index in [2.05, 4.69) is 0 Å². The Bertz CT molecular complexity index is 286. The maximum Gasteiger partial charge on any atom is 0.242 e. The van der Waals surface area contributed by atoms with Crippen LogP contribution in [0.15, 0.2) is 0 Å². The summed E-state index contributed by atoms with van der Waals surface area (Å²) in [6.07, 6.45) is 4.28. The molecule has 1 atom stereocenters. The molecule has 0 spiro atoms. The first-order valence-electron chi connectivity index (χ1n) is 6.78. The summed E-state index contributed by atoms with van der Waals surface area (Å²) >= 11 is 0. The molecule has 5 heteroatoms. The van der Waals surface area contributed by atoms with Crippen LogP contribution in [-0.4, -0.2) is 54.3 Å². The van der Waals surface area contributed by atoms with E-state index in [0.29, 0.717) is 6.42 Å². The molecule has 0 saturated carbocycles. The summed E-state index contributed by atoms with van der Waals surface area (Å²) in [5.41, 5.74) is 5.63. The van der Waals surface area contributed by atoms with Gasteiger partial charge in [-0.3, -0.25) is 9.59 Å². The Hall–Kier alpha value is -1.10. The second-order valence-electron chi connectivity index (χ2n) is 5.21. The summed E-state index contributed by atoms with van der Waals surface area (Å²) in [4.78, 5) is 27.0. The summed E-state index contributed by atoms with van der Waals surface area (Å²) in [6.45, 7) is 3.82. The Morgan fingerprint density at radius 1 is 1.33 bits per heavy atom. The summed E-state index contributed by atoms with van der Waals surface area (Å²) in [5, 5.41) is 0. The molecule has 1 heterocycles. The second-order valence-corrected chi connectivity index (χ2v) is 5.21. The zero-order valence-electron chi connectivity index (χ0n) is 11.5. The Balaban J connectivity index is 2.23. The number of likely N-dealkylation sites (N-methyl/N-ethyl adjacent to an activating group) is 1.